The number of fused-ring (bicyclic) bond motifs is 1. The number of rotatable bonds is 11. The Morgan fingerprint density at radius 2 is 1.87 bits per heavy atom. The molecule has 0 aromatic heterocycles. The number of aliphatic hydroxyl groups is 1. The number of hydrogen-bond acceptors (Lipinski definition) is 5. The number of aliphatic hydroxyl groups excluding tert-OH is 1. The number of carbonyl (C=O) groups excluding carboxylic acids is 3. The molecule has 212 valence electrons. The summed E-state index contributed by atoms with van der Waals surface area (Å²) >= 11 is 11.5. The third-order valence-corrected chi connectivity index (χ3v) is 11.6. The molecular formula is C29H37BrClN3O4S. The van der Waals surface area contributed by atoms with Crippen molar-refractivity contribution in [3.05, 3.63) is 54.6 Å². The molecule has 1 N–H and O–H groups in total. The standard InChI is InChI=1S/C29H37BrClN3O4S/c1-6-12-32(5)26(36)22-23-27(37)34(20(16-35)14-17(3)4)25(29(23)15-21(30)24(22)39-29)28(38)33(13-7-2)19-10-8-18(31)9-11-19/h6-11,17,20-25,35H,1-2,12-16H2,3-5H3/t20-,21?,22-,23+,24-,25?,29?/m1/s1. The molecular weight excluding hydrogens is 602 g/mol. The highest BCUT2D eigenvalue weighted by Crippen LogP contribution is 2.68. The van der Waals surface area contributed by atoms with Gasteiger partial charge in [-0.25, -0.2) is 0 Å². The van der Waals surface area contributed by atoms with Crippen molar-refractivity contribution in [2.45, 2.75) is 53.6 Å². The number of hydrogen-bond donors (Lipinski definition) is 1. The lowest BCUT2D eigenvalue weighted by Gasteiger charge is -2.40. The smallest absolute Gasteiger partial charge is 0.251 e. The molecule has 1 aromatic carbocycles. The molecule has 10 heteroatoms. The van der Waals surface area contributed by atoms with Crippen molar-refractivity contribution in [1.82, 2.24) is 9.80 Å². The first-order valence-electron chi connectivity index (χ1n) is 13.3. The second kappa shape index (κ2) is 12.0. The molecule has 0 saturated carbocycles. The molecule has 3 heterocycles. The minimum Gasteiger partial charge on any atom is -0.394 e. The van der Waals surface area contributed by atoms with Crippen LogP contribution in [0.4, 0.5) is 5.69 Å². The van der Waals surface area contributed by atoms with E-state index in [1.807, 2.05) is 13.8 Å². The molecule has 39 heavy (non-hydrogen) atoms. The van der Waals surface area contributed by atoms with Gasteiger partial charge in [0.1, 0.15) is 6.04 Å². The van der Waals surface area contributed by atoms with Gasteiger partial charge in [0, 0.05) is 40.9 Å². The van der Waals surface area contributed by atoms with Crippen LogP contribution in [0, 0.1) is 17.8 Å². The van der Waals surface area contributed by atoms with Crippen molar-refractivity contribution in [3.8, 4) is 0 Å². The normalized spacial score (nSPS) is 29.9. The maximum absolute atomic E-state index is 14.7. The molecule has 3 saturated heterocycles. The van der Waals surface area contributed by atoms with Crippen LogP contribution in [0.25, 0.3) is 0 Å². The van der Waals surface area contributed by atoms with E-state index in [4.69, 9.17) is 11.6 Å². The third kappa shape index (κ3) is 5.20. The van der Waals surface area contributed by atoms with Gasteiger partial charge < -0.3 is 19.8 Å². The van der Waals surface area contributed by atoms with Crippen molar-refractivity contribution in [2.75, 3.05) is 31.6 Å². The number of anilines is 1. The van der Waals surface area contributed by atoms with Crippen LogP contribution in [-0.4, -0.2) is 86.3 Å². The van der Waals surface area contributed by atoms with E-state index in [0.29, 0.717) is 30.1 Å². The van der Waals surface area contributed by atoms with E-state index in [1.165, 1.54) is 0 Å². The SMILES string of the molecule is C=CCN(C)C(=O)[C@H]1[C@@H]2SC3(CC2Br)C(C(=O)N(CC=C)c2ccc(Cl)cc2)N([C@@H](CO)CC(C)C)C(=O)[C@H]13. The quantitative estimate of drug-likeness (QED) is 0.288. The summed E-state index contributed by atoms with van der Waals surface area (Å²) in [6, 6.07) is 5.61. The van der Waals surface area contributed by atoms with Crippen LogP contribution in [0.1, 0.15) is 26.7 Å². The second-order valence-corrected chi connectivity index (χ2v) is 14.2. The predicted molar refractivity (Wildman–Crippen MR) is 161 cm³/mol. The molecule has 3 aliphatic heterocycles. The number of likely N-dealkylation sites (N-methyl/N-ethyl adjacent to an activating group) is 1. The molecule has 0 radical (unpaired) electrons. The number of carbonyl (C=O) groups is 3. The van der Waals surface area contributed by atoms with Crippen molar-refractivity contribution < 1.29 is 19.5 Å². The van der Waals surface area contributed by atoms with Crippen LogP contribution in [0.2, 0.25) is 5.02 Å². The zero-order valence-electron chi connectivity index (χ0n) is 22.6. The third-order valence-electron chi connectivity index (χ3n) is 8.09. The maximum Gasteiger partial charge on any atom is 0.251 e. The molecule has 3 unspecified atom stereocenters. The van der Waals surface area contributed by atoms with Gasteiger partial charge in [0.15, 0.2) is 0 Å². The molecule has 1 aromatic rings. The molecule has 7 nitrogen and oxygen atoms in total. The molecule has 3 aliphatic rings. The Bertz CT molecular complexity index is 1130. The monoisotopic (exact) mass is 637 g/mol. The van der Waals surface area contributed by atoms with Crippen molar-refractivity contribution in [3.63, 3.8) is 0 Å². The van der Waals surface area contributed by atoms with Gasteiger partial charge in [-0.15, -0.1) is 24.9 Å². The summed E-state index contributed by atoms with van der Waals surface area (Å²) in [5, 5.41) is 10.9. The van der Waals surface area contributed by atoms with Gasteiger partial charge in [0.25, 0.3) is 5.91 Å². The van der Waals surface area contributed by atoms with Crippen LogP contribution < -0.4 is 4.90 Å². The zero-order chi connectivity index (χ0) is 28.6. The lowest BCUT2D eigenvalue weighted by atomic mass is 9.70. The number of alkyl halides is 1. The van der Waals surface area contributed by atoms with Gasteiger partial charge >= 0.3 is 0 Å². The number of halogens is 2. The molecule has 2 bridgehead atoms. The predicted octanol–water partition coefficient (Wildman–Crippen LogP) is 4.38. The summed E-state index contributed by atoms with van der Waals surface area (Å²) in [5.74, 6) is -1.62. The van der Waals surface area contributed by atoms with Crippen molar-refractivity contribution in [1.29, 1.82) is 0 Å². The van der Waals surface area contributed by atoms with E-state index in [0.717, 1.165) is 0 Å². The fraction of sp³-hybridized carbons (Fsp3) is 0.552. The number of nitrogens with zero attached hydrogens (tertiary/aromatic N) is 3. The highest BCUT2D eigenvalue weighted by Gasteiger charge is 2.76. The molecule has 7 atom stereocenters. The van der Waals surface area contributed by atoms with Gasteiger partial charge in [-0.2, -0.15) is 0 Å². The average Bonchev–Trinajstić information content (AvgIpc) is 3.49. The lowest BCUT2D eigenvalue weighted by molar-refractivity contribution is -0.145. The highest BCUT2D eigenvalue weighted by molar-refractivity contribution is 9.09. The van der Waals surface area contributed by atoms with Gasteiger partial charge in [-0.1, -0.05) is 53.5 Å². The second-order valence-electron chi connectivity index (χ2n) is 11.1. The Kier molecular flexibility index (Phi) is 9.25. The van der Waals surface area contributed by atoms with Crippen LogP contribution in [0.15, 0.2) is 49.6 Å². The first-order valence-corrected chi connectivity index (χ1v) is 15.5. The van der Waals surface area contributed by atoms with Gasteiger partial charge in [-0.3, -0.25) is 14.4 Å². The Balaban J connectivity index is 1.85. The summed E-state index contributed by atoms with van der Waals surface area (Å²) in [6.45, 7) is 12.0. The molecule has 3 fully saturated rings. The van der Waals surface area contributed by atoms with E-state index < -0.39 is 28.7 Å². The Morgan fingerprint density at radius 3 is 2.44 bits per heavy atom. The first-order chi connectivity index (χ1) is 18.5. The van der Waals surface area contributed by atoms with Crippen LogP contribution in [0.3, 0.4) is 0 Å². The lowest BCUT2D eigenvalue weighted by Crippen LogP contribution is -2.58. The fourth-order valence-corrected chi connectivity index (χ4v) is 10.3. The number of amides is 3. The minimum absolute atomic E-state index is 0.0334. The van der Waals surface area contributed by atoms with Crippen LogP contribution in [-0.2, 0) is 14.4 Å². The number of thioether (sulfide) groups is 1. The number of likely N-dealkylation sites (tertiary alicyclic amines) is 1. The summed E-state index contributed by atoms with van der Waals surface area (Å²) in [5.41, 5.74) is 0.646. The summed E-state index contributed by atoms with van der Waals surface area (Å²) in [4.78, 5) is 47.7. The Labute approximate surface area is 248 Å². The zero-order valence-corrected chi connectivity index (χ0v) is 25.8. The topological polar surface area (TPSA) is 81.2 Å². The molecule has 3 amide bonds. The van der Waals surface area contributed by atoms with E-state index in [9.17, 15) is 19.5 Å². The average molecular weight is 639 g/mol. The number of benzene rings is 1. The van der Waals surface area contributed by atoms with Crippen LogP contribution in [0.5, 0.6) is 0 Å². The van der Waals surface area contributed by atoms with Gasteiger partial charge in [0.05, 0.1) is 29.2 Å². The summed E-state index contributed by atoms with van der Waals surface area (Å²) in [7, 11) is 1.72. The minimum atomic E-state index is -0.848. The summed E-state index contributed by atoms with van der Waals surface area (Å²) in [6.07, 6.45) is 4.43. The van der Waals surface area contributed by atoms with E-state index in [2.05, 4.69) is 29.1 Å². The van der Waals surface area contributed by atoms with Crippen LogP contribution >= 0.6 is 39.3 Å². The maximum atomic E-state index is 14.7. The van der Waals surface area contributed by atoms with Gasteiger partial charge in [0.2, 0.25) is 11.8 Å². The molecule has 0 aliphatic carbocycles. The fourth-order valence-electron chi connectivity index (χ4n) is 6.60. The van der Waals surface area contributed by atoms with E-state index in [1.54, 1.807) is 69.9 Å². The van der Waals surface area contributed by atoms with E-state index in [-0.39, 0.29) is 46.9 Å². The Hall–Kier alpha value is -1.81. The van der Waals surface area contributed by atoms with Crippen molar-refractivity contribution >= 4 is 62.7 Å². The van der Waals surface area contributed by atoms with Gasteiger partial charge in [-0.05, 0) is 43.0 Å². The highest BCUT2D eigenvalue weighted by atomic mass is 79.9. The largest absolute Gasteiger partial charge is 0.394 e. The van der Waals surface area contributed by atoms with Crippen molar-refractivity contribution in [2.24, 2.45) is 17.8 Å². The molecule has 1 spiro atoms. The first kappa shape index (κ1) is 30.2. The Morgan fingerprint density at radius 1 is 1.23 bits per heavy atom. The van der Waals surface area contributed by atoms with E-state index >= 15 is 0 Å². The molecule has 4 rings (SSSR count). The summed E-state index contributed by atoms with van der Waals surface area (Å²) < 4.78 is -0.807.